The Bertz CT molecular complexity index is 1250. The van der Waals surface area contributed by atoms with Crippen LogP contribution in [-0.2, 0) is 22.5 Å². The van der Waals surface area contributed by atoms with Crippen LogP contribution in [0.1, 0.15) is 42.8 Å². The number of aryl methyl sites for hydroxylation is 1. The van der Waals surface area contributed by atoms with E-state index in [1.165, 1.54) is 11.3 Å². The number of hydrogen-bond acceptors (Lipinski definition) is 7. The van der Waals surface area contributed by atoms with E-state index in [9.17, 15) is 14.4 Å². The SMILES string of the molecule is Cc1ccc2[nH]c(C(=O)N[C@H]3CC(=O)OC[C@@H]3NC(=O)c3nc4c(s3)CN(C)CC4)cc2c1. The van der Waals surface area contributed by atoms with Crippen molar-refractivity contribution in [2.75, 3.05) is 20.2 Å². The summed E-state index contributed by atoms with van der Waals surface area (Å²) >= 11 is 1.39. The first-order valence-corrected chi connectivity index (χ1v) is 11.7. The maximum atomic E-state index is 12.9. The fourth-order valence-corrected chi connectivity index (χ4v) is 5.34. The molecule has 1 fully saturated rings. The van der Waals surface area contributed by atoms with E-state index in [-0.39, 0.29) is 24.8 Å². The summed E-state index contributed by atoms with van der Waals surface area (Å²) in [4.78, 5) is 48.7. The van der Waals surface area contributed by atoms with Crippen LogP contribution < -0.4 is 10.6 Å². The van der Waals surface area contributed by atoms with Gasteiger partial charge in [-0.15, -0.1) is 11.3 Å². The van der Waals surface area contributed by atoms with Crippen LogP contribution in [0.25, 0.3) is 10.9 Å². The zero-order valence-corrected chi connectivity index (χ0v) is 19.3. The number of nitrogens with zero attached hydrogens (tertiary/aromatic N) is 2. The van der Waals surface area contributed by atoms with E-state index < -0.39 is 18.1 Å². The number of carbonyl (C=O) groups excluding carboxylic acids is 3. The fourth-order valence-electron chi connectivity index (χ4n) is 4.24. The molecule has 4 heterocycles. The number of H-pyrrole nitrogens is 1. The van der Waals surface area contributed by atoms with Crippen LogP contribution in [0.3, 0.4) is 0 Å². The first-order valence-electron chi connectivity index (χ1n) is 10.9. The second-order valence-electron chi connectivity index (χ2n) is 8.70. The van der Waals surface area contributed by atoms with E-state index in [1.807, 2.05) is 32.2 Å². The number of benzene rings is 1. The smallest absolute Gasteiger partial charge is 0.308 e. The van der Waals surface area contributed by atoms with Crippen molar-refractivity contribution >= 4 is 40.0 Å². The van der Waals surface area contributed by atoms with E-state index in [2.05, 4.69) is 25.5 Å². The largest absolute Gasteiger partial charge is 0.463 e. The number of fused-ring (bicyclic) bond motifs is 2. The van der Waals surface area contributed by atoms with Crippen LogP contribution in [0.2, 0.25) is 0 Å². The second kappa shape index (κ2) is 8.60. The topological polar surface area (TPSA) is 116 Å². The number of hydrogen-bond donors (Lipinski definition) is 3. The molecule has 2 atom stereocenters. The lowest BCUT2D eigenvalue weighted by molar-refractivity contribution is -0.149. The summed E-state index contributed by atoms with van der Waals surface area (Å²) in [7, 11) is 2.04. The lowest BCUT2D eigenvalue weighted by atomic mass is 10.0. The lowest BCUT2D eigenvalue weighted by Crippen LogP contribution is -2.57. The van der Waals surface area contributed by atoms with Crippen LogP contribution in [0.15, 0.2) is 24.3 Å². The van der Waals surface area contributed by atoms with Gasteiger partial charge in [0, 0.05) is 35.3 Å². The van der Waals surface area contributed by atoms with Gasteiger partial charge in [-0.3, -0.25) is 14.4 Å². The summed E-state index contributed by atoms with van der Waals surface area (Å²) in [5, 5.41) is 7.13. The van der Waals surface area contributed by atoms with Gasteiger partial charge in [-0.05, 0) is 32.2 Å². The number of cyclic esters (lactones) is 1. The van der Waals surface area contributed by atoms with Crippen molar-refractivity contribution in [1.29, 1.82) is 0 Å². The van der Waals surface area contributed by atoms with Crippen LogP contribution in [0.4, 0.5) is 0 Å². The van der Waals surface area contributed by atoms with Gasteiger partial charge in [0.2, 0.25) is 0 Å². The first-order chi connectivity index (χ1) is 15.9. The average Bonchev–Trinajstić information content (AvgIpc) is 3.39. The van der Waals surface area contributed by atoms with E-state index in [4.69, 9.17) is 4.74 Å². The Morgan fingerprint density at radius 3 is 2.88 bits per heavy atom. The van der Waals surface area contributed by atoms with Gasteiger partial charge in [-0.1, -0.05) is 11.6 Å². The van der Waals surface area contributed by atoms with E-state index in [0.29, 0.717) is 10.7 Å². The van der Waals surface area contributed by atoms with Gasteiger partial charge < -0.3 is 25.3 Å². The minimum absolute atomic E-state index is 0.00472. The molecule has 1 aromatic carbocycles. The van der Waals surface area contributed by atoms with Crippen LogP contribution in [0.5, 0.6) is 0 Å². The maximum absolute atomic E-state index is 12.9. The Kier molecular flexibility index (Phi) is 5.63. The maximum Gasteiger partial charge on any atom is 0.308 e. The molecule has 0 saturated carbocycles. The zero-order chi connectivity index (χ0) is 23.1. The molecule has 2 aliphatic rings. The molecule has 0 radical (unpaired) electrons. The van der Waals surface area contributed by atoms with Gasteiger partial charge in [0.25, 0.3) is 11.8 Å². The molecule has 2 amide bonds. The molecule has 3 aromatic rings. The third kappa shape index (κ3) is 4.49. The number of aromatic nitrogens is 2. The highest BCUT2D eigenvalue weighted by atomic mass is 32.1. The molecule has 0 unspecified atom stereocenters. The number of carbonyl (C=O) groups is 3. The molecule has 33 heavy (non-hydrogen) atoms. The van der Waals surface area contributed by atoms with Gasteiger partial charge in [-0.25, -0.2) is 4.98 Å². The highest BCUT2D eigenvalue weighted by Gasteiger charge is 2.34. The Balaban J connectivity index is 1.30. The van der Waals surface area contributed by atoms with Crippen molar-refractivity contribution < 1.29 is 19.1 Å². The van der Waals surface area contributed by atoms with Gasteiger partial charge in [0.05, 0.1) is 24.2 Å². The number of aromatic amines is 1. The van der Waals surface area contributed by atoms with Crippen molar-refractivity contribution in [3.8, 4) is 0 Å². The summed E-state index contributed by atoms with van der Waals surface area (Å²) in [6.45, 7) is 3.68. The third-order valence-electron chi connectivity index (χ3n) is 6.07. The molecule has 172 valence electrons. The van der Waals surface area contributed by atoms with Crippen molar-refractivity contribution in [1.82, 2.24) is 25.5 Å². The average molecular weight is 468 g/mol. The first kappa shape index (κ1) is 21.6. The van der Waals surface area contributed by atoms with Crippen molar-refractivity contribution in [2.24, 2.45) is 0 Å². The van der Waals surface area contributed by atoms with Gasteiger partial charge in [0.1, 0.15) is 12.3 Å². The Labute approximate surface area is 194 Å². The van der Waals surface area contributed by atoms with Crippen molar-refractivity contribution in [3.63, 3.8) is 0 Å². The summed E-state index contributed by atoms with van der Waals surface area (Å²) < 4.78 is 5.16. The quantitative estimate of drug-likeness (QED) is 0.504. The van der Waals surface area contributed by atoms with Crippen LogP contribution in [-0.4, -0.2) is 64.9 Å². The Morgan fingerprint density at radius 1 is 1.21 bits per heavy atom. The highest BCUT2D eigenvalue weighted by molar-refractivity contribution is 7.13. The normalized spacial score (nSPS) is 20.8. The number of likely N-dealkylation sites (N-methyl/N-ethyl adjacent to an activating group) is 1. The molecule has 5 rings (SSSR count). The van der Waals surface area contributed by atoms with Crippen molar-refractivity contribution in [2.45, 2.75) is 38.4 Å². The summed E-state index contributed by atoms with van der Waals surface area (Å²) in [6.07, 6.45) is 0.800. The Hall–Kier alpha value is -3.24. The molecular formula is C23H25N5O4S. The van der Waals surface area contributed by atoms with E-state index in [1.54, 1.807) is 6.07 Å². The Morgan fingerprint density at radius 2 is 2.03 bits per heavy atom. The molecule has 10 heteroatoms. The molecule has 0 spiro atoms. The molecule has 2 aliphatic heterocycles. The minimum atomic E-state index is -0.587. The third-order valence-corrected chi connectivity index (χ3v) is 7.15. The number of amides is 2. The molecule has 3 N–H and O–H groups in total. The number of ether oxygens (including phenoxy) is 1. The minimum Gasteiger partial charge on any atom is -0.463 e. The molecule has 0 bridgehead atoms. The van der Waals surface area contributed by atoms with E-state index in [0.717, 1.165) is 46.5 Å². The predicted octanol–water partition coefficient (Wildman–Crippen LogP) is 1.76. The second-order valence-corrected chi connectivity index (χ2v) is 9.78. The van der Waals surface area contributed by atoms with Crippen molar-refractivity contribution in [3.05, 3.63) is 51.1 Å². The predicted molar refractivity (Wildman–Crippen MR) is 123 cm³/mol. The van der Waals surface area contributed by atoms with Gasteiger partial charge >= 0.3 is 5.97 Å². The number of esters is 1. The number of thiazole rings is 1. The fraction of sp³-hybridized carbons (Fsp3) is 0.391. The summed E-state index contributed by atoms with van der Waals surface area (Å²) in [6, 6.07) is 6.54. The molecular weight excluding hydrogens is 442 g/mol. The van der Waals surface area contributed by atoms with Crippen LogP contribution >= 0.6 is 11.3 Å². The molecule has 9 nitrogen and oxygen atoms in total. The monoisotopic (exact) mass is 467 g/mol. The van der Waals surface area contributed by atoms with Gasteiger partial charge in [0.15, 0.2) is 5.01 Å². The standard InChI is InChI=1S/C23H25N5O4S/c1-12-3-4-14-13(7-12)8-17(24-14)21(30)25-16-9-20(29)32-11-18(16)26-22(31)23-27-15-5-6-28(2)10-19(15)33-23/h3-4,7-8,16,18,24H,5-6,9-11H2,1-2H3,(H,25,30)(H,26,31)/t16-,18-/m0/s1. The molecule has 2 aromatic heterocycles. The zero-order valence-electron chi connectivity index (χ0n) is 18.4. The summed E-state index contributed by atoms with van der Waals surface area (Å²) in [5.74, 6) is -1.07. The van der Waals surface area contributed by atoms with Crippen LogP contribution in [0, 0.1) is 6.92 Å². The van der Waals surface area contributed by atoms with E-state index >= 15 is 0 Å². The highest BCUT2D eigenvalue weighted by Crippen LogP contribution is 2.25. The van der Waals surface area contributed by atoms with Gasteiger partial charge in [-0.2, -0.15) is 0 Å². The summed E-state index contributed by atoms with van der Waals surface area (Å²) in [5.41, 5.74) is 3.33. The number of rotatable bonds is 4. The number of nitrogens with one attached hydrogen (secondary N) is 3. The molecule has 0 aliphatic carbocycles. The molecule has 1 saturated heterocycles. The lowest BCUT2D eigenvalue weighted by Gasteiger charge is -2.31.